The van der Waals surface area contributed by atoms with Crippen LogP contribution in [0.4, 0.5) is 4.39 Å². The second-order valence-corrected chi connectivity index (χ2v) is 10.9. The van der Waals surface area contributed by atoms with E-state index in [1.54, 1.807) is 17.0 Å². The first-order chi connectivity index (χ1) is 17.7. The molecule has 196 valence electrons. The molecular weight excluding hydrogens is 507 g/mol. The number of amides is 2. The van der Waals surface area contributed by atoms with Crippen molar-refractivity contribution in [3.05, 3.63) is 106 Å². The average Bonchev–Trinajstić information content (AvgIpc) is 2.88. The summed E-state index contributed by atoms with van der Waals surface area (Å²) in [6.07, 6.45) is 0.395. The molecule has 4 nitrogen and oxygen atoms in total. The summed E-state index contributed by atoms with van der Waals surface area (Å²) in [5.41, 5.74) is 3.41. The van der Waals surface area contributed by atoms with E-state index in [1.807, 2.05) is 75.4 Å². The lowest BCUT2D eigenvalue weighted by molar-refractivity contribution is -0.139. The van der Waals surface area contributed by atoms with E-state index in [9.17, 15) is 14.0 Å². The molecule has 37 heavy (non-hydrogen) atoms. The normalized spacial score (nSPS) is 11.8. The number of rotatable bonds is 12. The molecule has 7 heteroatoms. The Hall–Kier alpha value is -2.83. The van der Waals surface area contributed by atoms with E-state index < -0.39 is 6.04 Å². The van der Waals surface area contributed by atoms with E-state index in [1.165, 1.54) is 17.8 Å². The third-order valence-electron chi connectivity index (χ3n) is 5.96. The van der Waals surface area contributed by atoms with Gasteiger partial charge in [-0.2, -0.15) is 0 Å². The van der Waals surface area contributed by atoms with Gasteiger partial charge in [0.1, 0.15) is 11.9 Å². The van der Waals surface area contributed by atoms with Gasteiger partial charge in [0.15, 0.2) is 0 Å². The molecule has 0 aromatic heterocycles. The maximum absolute atomic E-state index is 14.2. The van der Waals surface area contributed by atoms with Crippen molar-refractivity contribution in [1.82, 2.24) is 10.2 Å². The summed E-state index contributed by atoms with van der Waals surface area (Å²) in [6, 6.07) is 21.5. The molecule has 0 aliphatic carbocycles. The Bertz CT molecular complexity index is 1150. The molecule has 0 spiro atoms. The van der Waals surface area contributed by atoms with Gasteiger partial charge in [0, 0.05) is 35.8 Å². The van der Waals surface area contributed by atoms with Crippen molar-refractivity contribution in [2.45, 2.75) is 45.5 Å². The molecular formula is C30H34ClFN2O2S. The number of aryl methyl sites for hydroxylation is 1. The van der Waals surface area contributed by atoms with Gasteiger partial charge in [-0.05, 0) is 36.1 Å². The summed E-state index contributed by atoms with van der Waals surface area (Å²) in [7, 11) is 0. The van der Waals surface area contributed by atoms with E-state index in [-0.39, 0.29) is 35.1 Å². The minimum absolute atomic E-state index is 0.0965. The molecule has 0 radical (unpaired) electrons. The standard InChI is InChI=1S/C30H34ClFN2O2S/c1-21(2)17-33-30(36)28(16-23-8-5-4-6-9-23)34(18-24-14-12-22(3)13-15-24)29(35)20-37-19-25-26(31)10-7-11-27(25)32/h4-15,21,28H,16-20H2,1-3H3,(H,33,36)/t28-/m1/s1. The third-order valence-corrected chi connectivity index (χ3v) is 7.26. The Labute approximate surface area is 228 Å². The molecule has 1 atom stereocenters. The number of carbonyl (C=O) groups is 2. The van der Waals surface area contributed by atoms with E-state index in [4.69, 9.17) is 11.6 Å². The highest BCUT2D eigenvalue weighted by Gasteiger charge is 2.30. The Morgan fingerprint density at radius 2 is 1.68 bits per heavy atom. The second kappa shape index (κ2) is 14.2. The lowest BCUT2D eigenvalue weighted by Gasteiger charge is -2.32. The Kier molecular flexibility index (Phi) is 11.0. The van der Waals surface area contributed by atoms with Crippen molar-refractivity contribution in [3.63, 3.8) is 0 Å². The molecule has 2 amide bonds. The van der Waals surface area contributed by atoms with E-state index >= 15 is 0 Å². The van der Waals surface area contributed by atoms with E-state index in [0.717, 1.165) is 16.7 Å². The van der Waals surface area contributed by atoms with Gasteiger partial charge in [-0.3, -0.25) is 9.59 Å². The maximum atomic E-state index is 14.2. The van der Waals surface area contributed by atoms with Gasteiger partial charge in [0.25, 0.3) is 0 Å². The van der Waals surface area contributed by atoms with Crippen LogP contribution in [0.2, 0.25) is 5.02 Å². The molecule has 0 heterocycles. The summed E-state index contributed by atoms with van der Waals surface area (Å²) in [6.45, 7) is 6.90. The highest BCUT2D eigenvalue weighted by Crippen LogP contribution is 2.25. The van der Waals surface area contributed by atoms with Crippen molar-refractivity contribution >= 4 is 35.2 Å². The van der Waals surface area contributed by atoms with Crippen molar-refractivity contribution in [3.8, 4) is 0 Å². The van der Waals surface area contributed by atoms with Crippen LogP contribution in [0.15, 0.2) is 72.8 Å². The predicted octanol–water partition coefficient (Wildman–Crippen LogP) is 6.43. The van der Waals surface area contributed by atoms with Gasteiger partial charge in [-0.1, -0.05) is 91.7 Å². The van der Waals surface area contributed by atoms with E-state index in [0.29, 0.717) is 30.1 Å². The quantitative estimate of drug-likeness (QED) is 0.288. The predicted molar refractivity (Wildman–Crippen MR) is 151 cm³/mol. The Morgan fingerprint density at radius 3 is 2.32 bits per heavy atom. The fourth-order valence-electron chi connectivity index (χ4n) is 3.86. The van der Waals surface area contributed by atoms with E-state index in [2.05, 4.69) is 5.32 Å². The molecule has 3 rings (SSSR count). The van der Waals surface area contributed by atoms with Gasteiger partial charge < -0.3 is 10.2 Å². The maximum Gasteiger partial charge on any atom is 0.243 e. The number of hydrogen-bond acceptors (Lipinski definition) is 3. The zero-order valence-corrected chi connectivity index (χ0v) is 23.1. The Balaban J connectivity index is 1.85. The third kappa shape index (κ3) is 8.90. The van der Waals surface area contributed by atoms with Crippen LogP contribution >= 0.6 is 23.4 Å². The monoisotopic (exact) mass is 540 g/mol. The molecule has 0 aliphatic rings. The molecule has 0 saturated carbocycles. The van der Waals surface area contributed by atoms with Crippen LogP contribution in [0.1, 0.15) is 36.1 Å². The van der Waals surface area contributed by atoms with Crippen LogP contribution in [0.3, 0.4) is 0 Å². The first-order valence-electron chi connectivity index (χ1n) is 12.4. The Morgan fingerprint density at radius 1 is 0.973 bits per heavy atom. The molecule has 0 unspecified atom stereocenters. The number of nitrogens with one attached hydrogen (secondary N) is 1. The van der Waals surface area contributed by atoms with Crippen molar-refractivity contribution in [1.29, 1.82) is 0 Å². The lowest BCUT2D eigenvalue weighted by Crippen LogP contribution is -2.51. The number of benzene rings is 3. The highest BCUT2D eigenvalue weighted by molar-refractivity contribution is 7.99. The minimum atomic E-state index is -0.687. The van der Waals surface area contributed by atoms with Gasteiger partial charge >= 0.3 is 0 Å². The second-order valence-electron chi connectivity index (χ2n) is 9.54. The summed E-state index contributed by atoms with van der Waals surface area (Å²) in [5.74, 6) is -0.112. The number of halogens is 2. The lowest BCUT2D eigenvalue weighted by atomic mass is 10.0. The first kappa shape index (κ1) is 28.7. The first-order valence-corrected chi connectivity index (χ1v) is 13.9. The fourth-order valence-corrected chi connectivity index (χ4v) is 5.11. The van der Waals surface area contributed by atoms with Gasteiger partial charge in [-0.25, -0.2) is 4.39 Å². The molecule has 0 saturated heterocycles. The molecule has 3 aromatic rings. The summed E-state index contributed by atoms with van der Waals surface area (Å²) in [5, 5.41) is 3.36. The van der Waals surface area contributed by atoms with Crippen LogP contribution in [-0.2, 0) is 28.3 Å². The highest BCUT2D eigenvalue weighted by atomic mass is 35.5. The van der Waals surface area contributed by atoms with Crippen molar-refractivity contribution in [2.24, 2.45) is 5.92 Å². The van der Waals surface area contributed by atoms with Crippen LogP contribution in [-0.4, -0.2) is 35.1 Å². The van der Waals surface area contributed by atoms with Gasteiger partial charge in [0.05, 0.1) is 5.75 Å². The topological polar surface area (TPSA) is 49.4 Å². The van der Waals surface area contributed by atoms with Crippen LogP contribution in [0, 0.1) is 18.7 Å². The molecule has 0 fully saturated rings. The SMILES string of the molecule is Cc1ccc(CN(C(=O)CSCc2c(F)cccc2Cl)[C@H](Cc2ccccc2)C(=O)NCC(C)C)cc1. The van der Waals surface area contributed by atoms with Crippen molar-refractivity contribution in [2.75, 3.05) is 12.3 Å². The molecule has 0 bridgehead atoms. The fraction of sp³-hybridized carbons (Fsp3) is 0.333. The van der Waals surface area contributed by atoms with Gasteiger partial charge in [-0.15, -0.1) is 11.8 Å². The van der Waals surface area contributed by atoms with Crippen LogP contribution in [0.25, 0.3) is 0 Å². The van der Waals surface area contributed by atoms with Crippen LogP contribution < -0.4 is 5.32 Å². The smallest absolute Gasteiger partial charge is 0.243 e. The molecule has 0 aliphatic heterocycles. The largest absolute Gasteiger partial charge is 0.354 e. The number of carbonyl (C=O) groups excluding carboxylic acids is 2. The molecule has 3 aromatic carbocycles. The summed E-state index contributed by atoms with van der Waals surface area (Å²) >= 11 is 7.46. The summed E-state index contributed by atoms with van der Waals surface area (Å²) < 4.78 is 14.2. The zero-order chi connectivity index (χ0) is 26.8. The number of thioether (sulfide) groups is 1. The number of hydrogen-bond donors (Lipinski definition) is 1. The van der Waals surface area contributed by atoms with Gasteiger partial charge in [0.2, 0.25) is 11.8 Å². The summed E-state index contributed by atoms with van der Waals surface area (Å²) in [4.78, 5) is 28.8. The minimum Gasteiger partial charge on any atom is -0.354 e. The zero-order valence-electron chi connectivity index (χ0n) is 21.5. The van der Waals surface area contributed by atoms with Crippen molar-refractivity contribution < 1.29 is 14.0 Å². The number of nitrogens with zero attached hydrogens (tertiary/aromatic N) is 1. The molecule has 1 N–H and O–H groups in total. The average molecular weight is 541 g/mol. The van der Waals surface area contributed by atoms with Crippen LogP contribution in [0.5, 0.6) is 0 Å².